The molecule has 0 bridgehead atoms. The largest absolute Gasteiger partial charge is 0.444 e. The van der Waals surface area contributed by atoms with E-state index in [0.29, 0.717) is 26.2 Å². The Morgan fingerprint density at radius 1 is 0.939 bits per heavy atom. The molecule has 33 heavy (non-hydrogen) atoms. The van der Waals surface area contributed by atoms with Gasteiger partial charge >= 0.3 is 6.09 Å². The zero-order valence-corrected chi connectivity index (χ0v) is 21.2. The summed E-state index contributed by atoms with van der Waals surface area (Å²) < 4.78 is 5.51. The van der Waals surface area contributed by atoms with Gasteiger partial charge in [-0.3, -0.25) is 4.98 Å². The summed E-state index contributed by atoms with van der Waals surface area (Å²) in [6, 6.07) is 6.81. The van der Waals surface area contributed by atoms with Crippen molar-refractivity contribution in [1.29, 1.82) is 0 Å². The van der Waals surface area contributed by atoms with Gasteiger partial charge in [-0.15, -0.1) is 0 Å². The Bertz CT molecular complexity index is 1030. The maximum absolute atomic E-state index is 12.4. The van der Waals surface area contributed by atoms with Crippen LogP contribution in [0.25, 0.3) is 11.3 Å². The highest BCUT2D eigenvalue weighted by atomic mass is 16.6. The topological polar surface area (TPSA) is 58.6 Å². The van der Waals surface area contributed by atoms with Crippen LogP contribution in [0.3, 0.4) is 0 Å². The molecule has 1 amide bonds. The van der Waals surface area contributed by atoms with E-state index >= 15 is 0 Å². The minimum atomic E-state index is -0.479. The van der Waals surface area contributed by atoms with Gasteiger partial charge in [0.25, 0.3) is 0 Å². The molecule has 2 heterocycles. The van der Waals surface area contributed by atoms with Crippen molar-refractivity contribution in [3.63, 3.8) is 0 Å². The third-order valence-electron chi connectivity index (χ3n) is 7.03. The van der Waals surface area contributed by atoms with Crippen molar-refractivity contribution in [2.75, 3.05) is 31.1 Å². The van der Waals surface area contributed by atoms with E-state index in [1.165, 1.54) is 24.0 Å². The molecule has 178 valence electrons. The van der Waals surface area contributed by atoms with Crippen molar-refractivity contribution in [2.24, 2.45) is 0 Å². The summed E-state index contributed by atoms with van der Waals surface area (Å²) in [6.07, 6.45) is 5.81. The number of hydrogen-bond donors (Lipinski definition) is 0. The van der Waals surface area contributed by atoms with E-state index in [2.05, 4.69) is 55.8 Å². The minimum Gasteiger partial charge on any atom is -0.444 e. The lowest BCUT2D eigenvalue weighted by Crippen LogP contribution is -2.50. The number of anilines is 1. The minimum absolute atomic E-state index is 0.157. The lowest BCUT2D eigenvalue weighted by Gasteiger charge is -2.42. The van der Waals surface area contributed by atoms with Crippen LogP contribution in [0.1, 0.15) is 72.4 Å². The quantitative estimate of drug-likeness (QED) is 0.600. The predicted molar refractivity (Wildman–Crippen MR) is 133 cm³/mol. The SMILES string of the molecule is CC(C)(C)OC(=O)N1CCN(c2cncc(-c3ccc4c(c3)C(C)(C)CCC4(C)C)n2)CC1. The normalized spacial score (nSPS) is 19.7. The number of carbonyl (C=O) groups is 1. The van der Waals surface area contributed by atoms with Gasteiger partial charge in [-0.2, -0.15) is 0 Å². The summed E-state index contributed by atoms with van der Waals surface area (Å²) in [5.74, 6) is 0.855. The monoisotopic (exact) mass is 450 g/mol. The number of aromatic nitrogens is 2. The van der Waals surface area contributed by atoms with Crippen molar-refractivity contribution in [2.45, 2.75) is 77.7 Å². The molecule has 1 saturated heterocycles. The van der Waals surface area contributed by atoms with Gasteiger partial charge in [0.05, 0.1) is 18.1 Å². The summed E-state index contributed by atoms with van der Waals surface area (Å²) >= 11 is 0. The molecule has 0 unspecified atom stereocenters. The van der Waals surface area contributed by atoms with Crippen LogP contribution in [0.15, 0.2) is 30.6 Å². The van der Waals surface area contributed by atoms with Crippen molar-refractivity contribution in [3.8, 4) is 11.3 Å². The molecular formula is C27H38N4O2. The number of benzene rings is 1. The average Bonchev–Trinajstić information content (AvgIpc) is 2.76. The zero-order valence-electron chi connectivity index (χ0n) is 21.2. The Balaban J connectivity index is 1.52. The van der Waals surface area contributed by atoms with Gasteiger partial charge in [-0.25, -0.2) is 9.78 Å². The van der Waals surface area contributed by atoms with Crippen molar-refractivity contribution in [1.82, 2.24) is 14.9 Å². The van der Waals surface area contributed by atoms with Gasteiger partial charge < -0.3 is 14.5 Å². The Labute approximate surface area is 198 Å². The lowest BCUT2D eigenvalue weighted by molar-refractivity contribution is 0.0240. The molecule has 0 saturated carbocycles. The van der Waals surface area contributed by atoms with E-state index in [-0.39, 0.29) is 16.9 Å². The van der Waals surface area contributed by atoms with E-state index in [1.54, 1.807) is 4.90 Å². The van der Waals surface area contributed by atoms with Gasteiger partial charge in [0.15, 0.2) is 0 Å². The van der Waals surface area contributed by atoms with Crippen LogP contribution in [0.4, 0.5) is 10.6 Å². The highest BCUT2D eigenvalue weighted by Crippen LogP contribution is 2.46. The number of piperazine rings is 1. The van der Waals surface area contributed by atoms with Gasteiger partial charge in [-0.1, -0.05) is 39.8 Å². The van der Waals surface area contributed by atoms with Crippen LogP contribution in [0.5, 0.6) is 0 Å². The molecular weight excluding hydrogens is 412 g/mol. The molecule has 1 aliphatic carbocycles. The number of carbonyl (C=O) groups excluding carboxylic acids is 1. The van der Waals surface area contributed by atoms with Gasteiger partial charge in [0, 0.05) is 31.7 Å². The Kier molecular flexibility index (Phi) is 5.92. The van der Waals surface area contributed by atoms with E-state index in [0.717, 1.165) is 17.1 Å². The molecule has 1 aliphatic heterocycles. The molecule has 4 rings (SSSR count). The molecule has 0 radical (unpaired) electrons. The van der Waals surface area contributed by atoms with E-state index in [9.17, 15) is 4.79 Å². The highest BCUT2D eigenvalue weighted by molar-refractivity contribution is 5.69. The molecule has 1 fully saturated rings. The average molecular weight is 451 g/mol. The fourth-order valence-electron chi connectivity index (χ4n) is 4.84. The van der Waals surface area contributed by atoms with Gasteiger partial charge in [0.1, 0.15) is 11.4 Å². The van der Waals surface area contributed by atoms with Crippen LogP contribution in [-0.2, 0) is 15.6 Å². The predicted octanol–water partition coefficient (Wildman–Crippen LogP) is 5.55. The van der Waals surface area contributed by atoms with Crippen LogP contribution in [0.2, 0.25) is 0 Å². The molecule has 0 spiro atoms. The van der Waals surface area contributed by atoms with Crippen molar-refractivity contribution >= 4 is 11.9 Å². The summed E-state index contributed by atoms with van der Waals surface area (Å²) in [6.45, 7) is 17.7. The van der Waals surface area contributed by atoms with Gasteiger partial charge in [0.2, 0.25) is 0 Å². The Morgan fingerprint density at radius 3 is 2.21 bits per heavy atom. The van der Waals surface area contributed by atoms with Crippen LogP contribution < -0.4 is 4.90 Å². The maximum Gasteiger partial charge on any atom is 0.410 e. The number of amides is 1. The first-order valence-electron chi connectivity index (χ1n) is 12.1. The molecule has 0 atom stereocenters. The van der Waals surface area contributed by atoms with Crippen LogP contribution >= 0.6 is 0 Å². The zero-order chi connectivity index (χ0) is 24.0. The molecule has 1 aromatic carbocycles. The third kappa shape index (κ3) is 4.99. The molecule has 0 N–H and O–H groups in total. The molecule has 6 heteroatoms. The third-order valence-corrected chi connectivity index (χ3v) is 7.03. The molecule has 2 aromatic rings. The summed E-state index contributed by atoms with van der Waals surface area (Å²) in [5, 5.41) is 0. The van der Waals surface area contributed by atoms with E-state index < -0.39 is 5.60 Å². The standard InChI is InChI=1S/C27H38N4O2/c1-25(2,3)33-24(32)31-14-12-30(13-15-31)23-18-28-17-22(29-23)19-8-9-20-21(16-19)27(6,7)11-10-26(20,4)5/h8-9,16-18H,10-15H2,1-7H3. The van der Waals surface area contributed by atoms with Crippen molar-refractivity contribution in [3.05, 3.63) is 41.7 Å². The van der Waals surface area contributed by atoms with Gasteiger partial charge in [-0.05, 0) is 61.6 Å². The van der Waals surface area contributed by atoms with Crippen LogP contribution in [0, 0.1) is 0 Å². The number of ether oxygens (including phenoxy) is 1. The highest BCUT2D eigenvalue weighted by Gasteiger charge is 2.37. The molecule has 6 nitrogen and oxygen atoms in total. The van der Waals surface area contributed by atoms with Crippen LogP contribution in [-0.4, -0.2) is 52.7 Å². The number of fused-ring (bicyclic) bond motifs is 1. The molecule has 2 aliphatic rings. The second-order valence-corrected chi connectivity index (χ2v) is 11.7. The first kappa shape index (κ1) is 23.5. The Morgan fingerprint density at radius 2 is 1.58 bits per heavy atom. The number of nitrogens with zero attached hydrogens (tertiary/aromatic N) is 4. The first-order valence-corrected chi connectivity index (χ1v) is 12.1. The summed E-state index contributed by atoms with van der Waals surface area (Å²) in [4.78, 5) is 25.8. The number of rotatable bonds is 2. The van der Waals surface area contributed by atoms with Crippen molar-refractivity contribution < 1.29 is 9.53 Å². The first-order chi connectivity index (χ1) is 15.4. The summed E-state index contributed by atoms with van der Waals surface area (Å²) in [7, 11) is 0. The fourth-order valence-corrected chi connectivity index (χ4v) is 4.84. The lowest BCUT2D eigenvalue weighted by atomic mass is 9.63. The Hall–Kier alpha value is -2.63. The number of hydrogen-bond acceptors (Lipinski definition) is 5. The maximum atomic E-state index is 12.4. The smallest absolute Gasteiger partial charge is 0.410 e. The molecule has 1 aromatic heterocycles. The second-order valence-electron chi connectivity index (χ2n) is 11.7. The summed E-state index contributed by atoms with van der Waals surface area (Å²) in [5.41, 5.74) is 4.76. The van der Waals surface area contributed by atoms with E-state index in [4.69, 9.17) is 9.72 Å². The second kappa shape index (κ2) is 8.30. The van der Waals surface area contributed by atoms with E-state index in [1.807, 2.05) is 33.2 Å². The fraction of sp³-hybridized carbons (Fsp3) is 0.593.